The van der Waals surface area contributed by atoms with Gasteiger partial charge >= 0.3 is 0 Å². The van der Waals surface area contributed by atoms with Crippen LogP contribution in [0.2, 0.25) is 5.02 Å². The molecule has 1 aliphatic rings. The summed E-state index contributed by atoms with van der Waals surface area (Å²) in [5.41, 5.74) is 2.88. The van der Waals surface area contributed by atoms with Crippen LogP contribution in [0.3, 0.4) is 0 Å². The highest BCUT2D eigenvalue weighted by molar-refractivity contribution is 7.90. The number of hydrogen-bond donors (Lipinski definition) is 0. The van der Waals surface area contributed by atoms with Gasteiger partial charge in [-0.15, -0.1) is 4.40 Å². The van der Waals surface area contributed by atoms with Crippen molar-refractivity contribution >= 4 is 33.7 Å². The summed E-state index contributed by atoms with van der Waals surface area (Å²) < 4.78 is 28.7. The Morgan fingerprint density at radius 1 is 0.931 bits per heavy atom. The van der Waals surface area contributed by atoms with Crippen molar-refractivity contribution < 1.29 is 8.42 Å². The lowest BCUT2D eigenvalue weighted by Crippen LogP contribution is -2.18. The van der Waals surface area contributed by atoms with E-state index in [1.165, 1.54) is 18.5 Å². The summed E-state index contributed by atoms with van der Waals surface area (Å²) in [5.74, 6) is -0.0109. The molecule has 0 saturated heterocycles. The fourth-order valence-electron chi connectivity index (χ4n) is 3.19. The van der Waals surface area contributed by atoms with E-state index in [2.05, 4.69) is 9.50 Å². The molecule has 0 N–H and O–H groups in total. The first-order chi connectivity index (χ1) is 14.0. The monoisotopic (exact) mass is 423 g/mol. The van der Waals surface area contributed by atoms with Crippen molar-refractivity contribution in [3.8, 4) is 0 Å². The first-order valence-corrected chi connectivity index (χ1v) is 10.9. The summed E-state index contributed by atoms with van der Waals surface area (Å²) in [6.07, 6.45) is 1.28. The SMILES string of the molecule is O=S(=O)(N=CN1C[C@@H](c2ccccc2)C(c2ccc(Cl)cc2)=N1)c1ccccc1. The van der Waals surface area contributed by atoms with Gasteiger partial charge in [-0.25, -0.2) is 0 Å². The van der Waals surface area contributed by atoms with Crippen LogP contribution >= 0.6 is 11.6 Å². The number of nitrogens with zero attached hydrogens (tertiary/aromatic N) is 3. The summed E-state index contributed by atoms with van der Waals surface area (Å²) in [4.78, 5) is 0.150. The van der Waals surface area contributed by atoms with Gasteiger partial charge in [-0.05, 0) is 35.4 Å². The van der Waals surface area contributed by atoms with Gasteiger partial charge in [-0.1, -0.05) is 72.3 Å². The molecule has 29 heavy (non-hydrogen) atoms. The Bertz CT molecular complexity index is 1150. The maximum Gasteiger partial charge on any atom is 0.283 e. The summed E-state index contributed by atoms with van der Waals surface area (Å²) in [5, 5.41) is 6.86. The number of hydrazone groups is 1. The van der Waals surface area contributed by atoms with Gasteiger partial charge in [0.05, 0.1) is 17.2 Å². The van der Waals surface area contributed by atoms with E-state index in [-0.39, 0.29) is 10.8 Å². The molecule has 3 aromatic rings. The van der Waals surface area contributed by atoms with Crippen LogP contribution in [0.5, 0.6) is 0 Å². The Hall–Kier alpha value is -2.96. The van der Waals surface area contributed by atoms with E-state index >= 15 is 0 Å². The van der Waals surface area contributed by atoms with Crippen LogP contribution in [0.1, 0.15) is 17.0 Å². The molecule has 0 amide bonds. The lowest BCUT2D eigenvalue weighted by molar-refractivity contribution is 0.489. The van der Waals surface area contributed by atoms with E-state index < -0.39 is 10.0 Å². The minimum atomic E-state index is -3.78. The lowest BCUT2D eigenvalue weighted by atomic mass is 9.91. The van der Waals surface area contributed by atoms with Crippen LogP contribution in [0.25, 0.3) is 0 Å². The van der Waals surface area contributed by atoms with Crippen LogP contribution < -0.4 is 0 Å². The highest BCUT2D eigenvalue weighted by Gasteiger charge is 2.29. The zero-order chi connectivity index (χ0) is 20.3. The molecular formula is C22H18ClN3O2S. The topological polar surface area (TPSA) is 62.1 Å². The zero-order valence-electron chi connectivity index (χ0n) is 15.4. The van der Waals surface area contributed by atoms with Gasteiger partial charge in [0, 0.05) is 10.9 Å². The predicted octanol–water partition coefficient (Wildman–Crippen LogP) is 4.56. The summed E-state index contributed by atoms with van der Waals surface area (Å²) >= 11 is 6.02. The van der Waals surface area contributed by atoms with Crippen LogP contribution in [0.4, 0.5) is 0 Å². The molecule has 0 bridgehead atoms. The van der Waals surface area contributed by atoms with Crippen molar-refractivity contribution in [1.29, 1.82) is 0 Å². The average Bonchev–Trinajstić information content (AvgIpc) is 3.19. The van der Waals surface area contributed by atoms with Crippen LogP contribution in [0, 0.1) is 0 Å². The zero-order valence-corrected chi connectivity index (χ0v) is 17.0. The summed E-state index contributed by atoms with van der Waals surface area (Å²) in [6.45, 7) is 0.496. The van der Waals surface area contributed by atoms with E-state index in [9.17, 15) is 8.42 Å². The quantitative estimate of drug-likeness (QED) is 0.446. The Labute approximate surface area is 175 Å². The van der Waals surface area contributed by atoms with Gasteiger partial charge in [0.15, 0.2) is 0 Å². The standard InChI is InChI=1S/C22H18ClN3O2S/c23-19-13-11-18(12-14-19)22-21(17-7-3-1-4-8-17)15-26(25-22)16-24-29(27,28)20-9-5-2-6-10-20/h1-14,16,21H,15H2/t21-/m0/s1. The van der Waals surface area contributed by atoms with Crippen molar-refractivity contribution in [3.63, 3.8) is 0 Å². The molecular weight excluding hydrogens is 406 g/mol. The molecule has 0 saturated carbocycles. The molecule has 0 aromatic heterocycles. The van der Waals surface area contributed by atoms with E-state index in [0.717, 1.165) is 16.8 Å². The number of benzene rings is 3. The average molecular weight is 424 g/mol. The molecule has 146 valence electrons. The number of halogens is 1. The van der Waals surface area contributed by atoms with Gasteiger partial charge in [0.2, 0.25) is 0 Å². The van der Waals surface area contributed by atoms with E-state index in [1.807, 2.05) is 54.6 Å². The van der Waals surface area contributed by atoms with Crippen molar-refractivity contribution in [2.24, 2.45) is 9.50 Å². The van der Waals surface area contributed by atoms with Crippen molar-refractivity contribution in [2.45, 2.75) is 10.8 Å². The van der Waals surface area contributed by atoms with Gasteiger partial charge in [-0.3, -0.25) is 5.01 Å². The Balaban J connectivity index is 1.65. The molecule has 1 heterocycles. The normalized spacial score (nSPS) is 16.9. The predicted molar refractivity (Wildman–Crippen MR) is 116 cm³/mol. The lowest BCUT2D eigenvalue weighted by Gasteiger charge is -2.13. The summed E-state index contributed by atoms with van der Waals surface area (Å²) in [7, 11) is -3.78. The largest absolute Gasteiger partial charge is 0.283 e. The molecule has 0 aliphatic carbocycles. The fraction of sp³-hybridized carbons (Fsp3) is 0.0909. The third kappa shape index (κ3) is 4.39. The number of sulfonamides is 1. The number of rotatable bonds is 5. The van der Waals surface area contributed by atoms with E-state index in [0.29, 0.717) is 11.6 Å². The molecule has 5 nitrogen and oxygen atoms in total. The molecule has 4 rings (SSSR count). The molecule has 1 atom stereocenters. The molecule has 0 fully saturated rings. The first kappa shape index (κ1) is 19.4. The van der Waals surface area contributed by atoms with E-state index in [1.54, 1.807) is 23.2 Å². The molecule has 7 heteroatoms. The second kappa shape index (κ2) is 8.19. The third-order valence-corrected chi connectivity index (χ3v) is 6.13. The van der Waals surface area contributed by atoms with Crippen molar-refractivity contribution in [3.05, 3.63) is 101 Å². The van der Waals surface area contributed by atoms with Gasteiger partial charge in [0.1, 0.15) is 6.34 Å². The second-order valence-electron chi connectivity index (χ2n) is 6.59. The molecule has 0 unspecified atom stereocenters. The Morgan fingerprint density at radius 3 is 2.21 bits per heavy atom. The summed E-state index contributed by atoms with van der Waals surface area (Å²) in [6, 6.07) is 25.6. The van der Waals surface area contributed by atoms with Crippen LogP contribution in [-0.4, -0.2) is 32.0 Å². The second-order valence-corrected chi connectivity index (χ2v) is 8.66. The highest BCUT2D eigenvalue weighted by atomic mass is 35.5. The van der Waals surface area contributed by atoms with Crippen molar-refractivity contribution in [1.82, 2.24) is 5.01 Å². The third-order valence-electron chi connectivity index (χ3n) is 4.64. The van der Waals surface area contributed by atoms with Crippen molar-refractivity contribution in [2.75, 3.05) is 6.54 Å². The molecule has 0 radical (unpaired) electrons. The Kier molecular flexibility index (Phi) is 5.47. The fourth-order valence-corrected chi connectivity index (χ4v) is 4.18. The maximum absolute atomic E-state index is 12.4. The van der Waals surface area contributed by atoms with E-state index in [4.69, 9.17) is 11.6 Å². The first-order valence-electron chi connectivity index (χ1n) is 9.04. The van der Waals surface area contributed by atoms with Crippen LogP contribution in [-0.2, 0) is 10.0 Å². The van der Waals surface area contributed by atoms with Gasteiger partial charge in [-0.2, -0.15) is 13.5 Å². The van der Waals surface area contributed by atoms with Gasteiger partial charge in [0.25, 0.3) is 10.0 Å². The highest BCUT2D eigenvalue weighted by Crippen LogP contribution is 2.28. The smallest absolute Gasteiger partial charge is 0.252 e. The van der Waals surface area contributed by atoms with Gasteiger partial charge < -0.3 is 0 Å². The molecule has 1 aliphatic heterocycles. The van der Waals surface area contributed by atoms with Crippen LogP contribution in [0.15, 0.2) is 99.3 Å². The molecule has 3 aromatic carbocycles. The number of hydrogen-bond acceptors (Lipinski definition) is 3. The minimum Gasteiger partial charge on any atom is -0.252 e. The Morgan fingerprint density at radius 2 is 1.55 bits per heavy atom. The maximum atomic E-state index is 12.4. The molecule has 0 spiro atoms. The minimum absolute atomic E-state index is 0.0109.